The smallest absolute Gasteiger partial charge is 0.293 e. The predicted octanol–water partition coefficient (Wildman–Crippen LogP) is 2.12. The maximum Gasteiger partial charge on any atom is 0.293 e. The zero-order valence-corrected chi connectivity index (χ0v) is 10.7. The van der Waals surface area contributed by atoms with E-state index in [0.29, 0.717) is 24.2 Å². The highest BCUT2D eigenvalue weighted by Gasteiger charge is 2.14. The SMILES string of the molecule is Cc1cnc(CNc2ccc(C=O)cc2[N+](=O)[O-])cn1. The zero-order valence-electron chi connectivity index (χ0n) is 10.7. The number of nitrogens with zero attached hydrogens (tertiary/aromatic N) is 3. The topological polar surface area (TPSA) is 98.0 Å². The average molecular weight is 272 g/mol. The highest BCUT2D eigenvalue weighted by molar-refractivity contribution is 5.79. The molecule has 0 radical (unpaired) electrons. The fourth-order valence-corrected chi connectivity index (χ4v) is 1.62. The summed E-state index contributed by atoms with van der Waals surface area (Å²) in [4.78, 5) is 29.3. The number of rotatable bonds is 5. The fourth-order valence-electron chi connectivity index (χ4n) is 1.62. The van der Waals surface area contributed by atoms with Crippen molar-refractivity contribution in [2.45, 2.75) is 13.5 Å². The Hall–Kier alpha value is -2.83. The van der Waals surface area contributed by atoms with Crippen LogP contribution in [-0.2, 0) is 6.54 Å². The highest BCUT2D eigenvalue weighted by atomic mass is 16.6. The van der Waals surface area contributed by atoms with E-state index in [-0.39, 0.29) is 11.3 Å². The van der Waals surface area contributed by atoms with E-state index >= 15 is 0 Å². The molecule has 1 aromatic carbocycles. The molecule has 102 valence electrons. The Morgan fingerprint density at radius 1 is 1.35 bits per heavy atom. The Morgan fingerprint density at radius 2 is 2.15 bits per heavy atom. The number of aldehydes is 1. The van der Waals surface area contributed by atoms with Gasteiger partial charge < -0.3 is 5.32 Å². The molecular weight excluding hydrogens is 260 g/mol. The second-order valence-electron chi connectivity index (χ2n) is 4.15. The molecule has 0 amide bonds. The first-order valence-corrected chi connectivity index (χ1v) is 5.85. The van der Waals surface area contributed by atoms with Crippen LogP contribution in [0.25, 0.3) is 0 Å². The molecule has 0 bridgehead atoms. The van der Waals surface area contributed by atoms with Crippen LogP contribution in [0.4, 0.5) is 11.4 Å². The van der Waals surface area contributed by atoms with Crippen LogP contribution in [0.3, 0.4) is 0 Å². The second-order valence-corrected chi connectivity index (χ2v) is 4.15. The standard InChI is InChI=1S/C13H12N4O3/c1-9-5-15-11(6-14-9)7-16-12-3-2-10(8-18)4-13(12)17(19)20/h2-6,8,16H,7H2,1H3. The van der Waals surface area contributed by atoms with Gasteiger partial charge in [0.05, 0.1) is 29.1 Å². The first-order valence-electron chi connectivity index (χ1n) is 5.85. The number of nitrogens with one attached hydrogen (secondary N) is 1. The van der Waals surface area contributed by atoms with E-state index in [1.807, 2.05) is 6.92 Å². The maximum absolute atomic E-state index is 11.0. The second kappa shape index (κ2) is 5.87. The molecule has 0 atom stereocenters. The van der Waals surface area contributed by atoms with Crippen LogP contribution in [0.1, 0.15) is 21.7 Å². The van der Waals surface area contributed by atoms with Crippen LogP contribution in [0, 0.1) is 17.0 Å². The molecule has 0 spiro atoms. The van der Waals surface area contributed by atoms with Gasteiger partial charge in [-0.2, -0.15) is 0 Å². The zero-order chi connectivity index (χ0) is 14.5. The van der Waals surface area contributed by atoms with Gasteiger partial charge in [-0.1, -0.05) is 0 Å². The van der Waals surface area contributed by atoms with E-state index in [0.717, 1.165) is 5.69 Å². The molecule has 7 nitrogen and oxygen atoms in total. The van der Waals surface area contributed by atoms with Gasteiger partial charge in [-0.05, 0) is 19.1 Å². The molecule has 0 aliphatic rings. The highest BCUT2D eigenvalue weighted by Crippen LogP contribution is 2.25. The number of nitro benzene ring substituents is 1. The lowest BCUT2D eigenvalue weighted by Gasteiger charge is -2.07. The average Bonchev–Trinajstić information content (AvgIpc) is 2.46. The third kappa shape index (κ3) is 3.14. The summed E-state index contributed by atoms with van der Waals surface area (Å²) in [6.45, 7) is 2.14. The van der Waals surface area contributed by atoms with Gasteiger partial charge in [0.25, 0.3) is 5.69 Å². The van der Waals surface area contributed by atoms with Gasteiger partial charge in [-0.25, -0.2) is 0 Å². The minimum absolute atomic E-state index is 0.144. The molecule has 1 aromatic heterocycles. The summed E-state index contributed by atoms with van der Waals surface area (Å²) < 4.78 is 0. The van der Waals surface area contributed by atoms with Crippen molar-refractivity contribution in [1.29, 1.82) is 0 Å². The van der Waals surface area contributed by atoms with Crippen molar-refractivity contribution < 1.29 is 9.72 Å². The summed E-state index contributed by atoms with van der Waals surface area (Å²) in [5.74, 6) is 0. The summed E-state index contributed by atoms with van der Waals surface area (Å²) in [5.41, 5.74) is 1.93. The van der Waals surface area contributed by atoms with Crippen molar-refractivity contribution in [3.63, 3.8) is 0 Å². The van der Waals surface area contributed by atoms with Crippen LogP contribution in [0.2, 0.25) is 0 Å². The van der Waals surface area contributed by atoms with Gasteiger partial charge in [0.2, 0.25) is 0 Å². The quantitative estimate of drug-likeness (QED) is 0.508. The van der Waals surface area contributed by atoms with Gasteiger partial charge in [0, 0.05) is 17.8 Å². The number of anilines is 1. The third-order valence-electron chi connectivity index (χ3n) is 2.65. The van der Waals surface area contributed by atoms with E-state index in [1.165, 1.54) is 18.2 Å². The first kappa shape index (κ1) is 13.6. The van der Waals surface area contributed by atoms with E-state index in [2.05, 4.69) is 15.3 Å². The molecule has 1 N–H and O–H groups in total. The summed E-state index contributed by atoms with van der Waals surface area (Å²) in [6.07, 6.45) is 3.80. The van der Waals surface area contributed by atoms with Crippen LogP contribution in [0.5, 0.6) is 0 Å². The van der Waals surface area contributed by atoms with E-state index in [4.69, 9.17) is 0 Å². The first-order chi connectivity index (χ1) is 9.60. The lowest BCUT2D eigenvalue weighted by Crippen LogP contribution is -2.05. The Kier molecular flexibility index (Phi) is 3.99. The van der Waals surface area contributed by atoms with E-state index in [9.17, 15) is 14.9 Å². The molecule has 0 saturated carbocycles. The Labute approximate surface area is 114 Å². The lowest BCUT2D eigenvalue weighted by atomic mass is 10.2. The monoisotopic (exact) mass is 272 g/mol. The molecule has 0 aliphatic carbocycles. The van der Waals surface area contributed by atoms with Crippen molar-refractivity contribution in [3.8, 4) is 0 Å². The fraction of sp³-hybridized carbons (Fsp3) is 0.154. The number of aromatic nitrogens is 2. The van der Waals surface area contributed by atoms with Crippen molar-refractivity contribution >= 4 is 17.7 Å². The van der Waals surface area contributed by atoms with Gasteiger partial charge >= 0.3 is 0 Å². The number of hydrogen-bond acceptors (Lipinski definition) is 6. The number of hydrogen-bond donors (Lipinski definition) is 1. The minimum Gasteiger partial charge on any atom is -0.374 e. The van der Waals surface area contributed by atoms with Crippen LogP contribution < -0.4 is 5.32 Å². The molecule has 7 heteroatoms. The Balaban J connectivity index is 2.18. The summed E-state index contributed by atoms with van der Waals surface area (Å²) in [7, 11) is 0. The number of carbonyl (C=O) groups excluding carboxylic acids is 1. The largest absolute Gasteiger partial charge is 0.374 e. The predicted molar refractivity (Wildman–Crippen MR) is 72.6 cm³/mol. The van der Waals surface area contributed by atoms with Crippen molar-refractivity contribution in [3.05, 3.63) is 57.7 Å². The Bertz CT molecular complexity index is 641. The van der Waals surface area contributed by atoms with Gasteiger partial charge in [0.1, 0.15) is 12.0 Å². The maximum atomic E-state index is 11.0. The van der Waals surface area contributed by atoms with Crippen LogP contribution in [-0.4, -0.2) is 21.2 Å². The summed E-state index contributed by atoms with van der Waals surface area (Å²) in [6, 6.07) is 4.25. The van der Waals surface area contributed by atoms with E-state index < -0.39 is 4.92 Å². The van der Waals surface area contributed by atoms with Crippen molar-refractivity contribution in [2.75, 3.05) is 5.32 Å². The van der Waals surface area contributed by atoms with Crippen molar-refractivity contribution in [1.82, 2.24) is 9.97 Å². The molecule has 0 fully saturated rings. The normalized spacial score (nSPS) is 10.1. The number of carbonyl (C=O) groups is 1. The van der Waals surface area contributed by atoms with Crippen molar-refractivity contribution in [2.24, 2.45) is 0 Å². The lowest BCUT2D eigenvalue weighted by molar-refractivity contribution is -0.384. The van der Waals surface area contributed by atoms with Gasteiger partial charge in [0.15, 0.2) is 0 Å². The van der Waals surface area contributed by atoms with Crippen LogP contribution in [0.15, 0.2) is 30.6 Å². The molecule has 0 unspecified atom stereocenters. The summed E-state index contributed by atoms with van der Waals surface area (Å²) >= 11 is 0. The molecule has 1 heterocycles. The number of benzene rings is 1. The van der Waals surface area contributed by atoms with Crippen LogP contribution >= 0.6 is 0 Å². The van der Waals surface area contributed by atoms with Gasteiger partial charge in [-0.15, -0.1) is 0 Å². The molecular formula is C13H12N4O3. The Morgan fingerprint density at radius 3 is 2.75 bits per heavy atom. The molecule has 2 rings (SSSR count). The number of nitro groups is 1. The molecule has 0 aliphatic heterocycles. The minimum atomic E-state index is -0.532. The molecule has 2 aromatic rings. The number of aryl methyl sites for hydroxylation is 1. The third-order valence-corrected chi connectivity index (χ3v) is 2.65. The molecule has 0 saturated heterocycles. The van der Waals surface area contributed by atoms with E-state index in [1.54, 1.807) is 12.4 Å². The summed E-state index contributed by atoms with van der Waals surface area (Å²) in [5, 5.41) is 13.9. The molecule has 20 heavy (non-hydrogen) atoms. The van der Waals surface area contributed by atoms with Gasteiger partial charge in [-0.3, -0.25) is 24.9 Å².